The Bertz CT molecular complexity index is 1120. The highest BCUT2D eigenvalue weighted by Gasteiger charge is 2.11. The van der Waals surface area contributed by atoms with Crippen molar-refractivity contribution in [1.29, 1.82) is 0 Å². The SMILES string of the molecule is CCN(CCCNC(=O)Cn1c(=O)[nH]c2ccccc2c1=O)c1cccc(C)c1. The number of amides is 1. The Hall–Kier alpha value is -3.35. The van der Waals surface area contributed by atoms with Gasteiger partial charge >= 0.3 is 5.69 Å². The second kappa shape index (κ2) is 9.23. The van der Waals surface area contributed by atoms with Crippen molar-refractivity contribution in [3.63, 3.8) is 0 Å². The number of hydrogen-bond donors (Lipinski definition) is 2. The summed E-state index contributed by atoms with van der Waals surface area (Å²) >= 11 is 0. The molecule has 1 aromatic heterocycles. The molecule has 7 nitrogen and oxygen atoms in total. The number of rotatable bonds is 8. The van der Waals surface area contributed by atoms with Gasteiger partial charge in [-0.25, -0.2) is 4.79 Å². The predicted octanol–water partition coefficient (Wildman–Crippen LogP) is 2.03. The molecule has 0 saturated carbocycles. The zero-order valence-corrected chi connectivity index (χ0v) is 16.8. The van der Waals surface area contributed by atoms with Crippen LogP contribution in [0.2, 0.25) is 0 Å². The van der Waals surface area contributed by atoms with Gasteiger partial charge in [0.05, 0.1) is 10.9 Å². The summed E-state index contributed by atoms with van der Waals surface area (Å²) in [6.45, 7) is 6.01. The Morgan fingerprint density at radius 3 is 2.69 bits per heavy atom. The molecule has 0 fully saturated rings. The molecule has 7 heteroatoms. The highest BCUT2D eigenvalue weighted by molar-refractivity contribution is 5.78. The van der Waals surface area contributed by atoms with Crippen LogP contribution >= 0.6 is 0 Å². The van der Waals surface area contributed by atoms with Gasteiger partial charge in [0, 0.05) is 25.3 Å². The molecular weight excluding hydrogens is 368 g/mol. The number of benzene rings is 2. The van der Waals surface area contributed by atoms with Crippen LogP contribution in [-0.2, 0) is 11.3 Å². The number of carbonyl (C=O) groups is 1. The van der Waals surface area contributed by atoms with Crippen molar-refractivity contribution >= 4 is 22.5 Å². The minimum atomic E-state index is -0.583. The number of aromatic nitrogens is 2. The number of carbonyl (C=O) groups excluding carboxylic acids is 1. The number of hydrogen-bond acceptors (Lipinski definition) is 4. The fourth-order valence-electron chi connectivity index (χ4n) is 3.33. The van der Waals surface area contributed by atoms with E-state index in [1.54, 1.807) is 24.3 Å². The maximum absolute atomic E-state index is 12.5. The molecule has 29 heavy (non-hydrogen) atoms. The van der Waals surface area contributed by atoms with Crippen LogP contribution in [0.1, 0.15) is 18.9 Å². The van der Waals surface area contributed by atoms with Crippen LogP contribution in [0.5, 0.6) is 0 Å². The Morgan fingerprint density at radius 2 is 1.93 bits per heavy atom. The third kappa shape index (κ3) is 4.93. The smallest absolute Gasteiger partial charge is 0.329 e. The van der Waals surface area contributed by atoms with E-state index in [1.165, 1.54) is 5.56 Å². The largest absolute Gasteiger partial charge is 0.372 e. The Labute approximate surface area is 169 Å². The van der Waals surface area contributed by atoms with Crippen molar-refractivity contribution in [1.82, 2.24) is 14.9 Å². The van der Waals surface area contributed by atoms with Crippen molar-refractivity contribution in [2.75, 3.05) is 24.5 Å². The maximum atomic E-state index is 12.5. The van der Waals surface area contributed by atoms with Crippen LogP contribution < -0.4 is 21.5 Å². The van der Waals surface area contributed by atoms with Gasteiger partial charge in [-0.2, -0.15) is 0 Å². The van der Waals surface area contributed by atoms with Gasteiger partial charge in [-0.1, -0.05) is 24.3 Å². The Balaban J connectivity index is 1.56. The zero-order valence-electron chi connectivity index (χ0n) is 16.8. The van der Waals surface area contributed by atoms with Crippen molar-refractivity contribution in [2.45, 2.75) is 26.8 Å². The average molecular weight is 394 g/mol. The lowest BCUT2D eigenvalue weighted by molar-refractivity contribution is -0.121. The van der Waals surface area contributed by atoms with Crippen molar-refractivity contribution in [2.24, 2.45) is 0 Å². The first-order chi connectivity index (χ1) is 14.0. The molecule has 1 heterocycles. The summed E-state index contributed by atoms with van der Waals surface area (Å²) in [6, 6.07) is 15.1. The first-order valence-electron chi connectivity index (χ1n) is 9.79. The van der Waals surface area contributed by atoms with E-state index in [4.69, 9.17) is 0 Å². The summed E-state index contributed by atoms with van der Waals surface area (Å²) in [5.74, 6) is -0.355. The van der Waals surface area contributed by atoms with Gasteiger partial charge in [-0.05, 0) is 50.1 Å². The molecular formula is C22H26N4O3. The van der Waals surface area contributed by atoms with Gasteiger partial charge in [0.15, 0.2) is 0 Å². The monoisotopic (exact) mass is 394 g/mol. The Morgan fingerprint density at radius 1 is 1.14 bits per heavy atom. The molecule has 2 aromatic carbocycles. The molecule has 0 saturated heterocycles. The second-order valence-corrected chi connectivity index (χ2v) is 6.99. The molecule has 152 valence electrons. The maximum Gasteiger partial charge on any atom is 0.329 e. The average Bonchev–Trinajstić information content (AvgIpc) is 2.71. The number of anilines is 1. The van der Waals surface area contributed by atoms with Crippen LogP contribution in [0, 0.1) is 6.92 Å². The molecule has 0 spiro atoms. The predicted molar refractivity (Wildman–Crippen MR) is 116 cm³/mol. The number of fused-ring (bicyclic) bond motifs is 1. The highest BCUT2D eigenvalue weighted by Crippen LogP contribution is 2.15. The van der Waals surface area contributed by atoms with Crippen molar-refractivity contribution in [3.8, 4) is 0 Å². The van der Waals surface area contributed by atoms with Gasteiger partial charge < -0.3 is 15.2 Å². The van der Waals surface area contributed by atoms with Crippen LogP contribution in [0.25, 0.3) is 10.9 Å². The quantitative estimate of drug-likeness (QED) is 0.573. The van der Waals surface area contributed by atoms with E-state index < -0.39 is 11.2 Å². The van der Waals surface area contributed by atoms with E-state index in [0.717, 1.165) is 29.8 Å². The van der Waals surface area contributed by atoms with E-state index in [-0.39, 0.29) is 12.5 Å². The topological polar surface area (TPSA) is 87.2 Å². The number of para-hydroxylation sites is 1. The van der Waals surface area contributed by atoms with Crippen LogP contribution in [0.3, 0.4) is 0 Å². The van der Waals surface area contributed by atoms with Gasteiger partial charge in [0.1, 0.15) is 6.54 Å². The molecule has 3 rings (SSSR count). The van der Waals surface area contributed by atoms with Crippen LogP contribution in [0.4, 0.5) is 5.69 Å². The van der Waals surface area contributed by atoms with Crippen LogP contribution in [0.15, 0.2) is 58.1 Å². The summed E-state index contributed by atoms with van der Waals surface area (Å²) in [5.41, 5.74) is 1.79. The summed E-state index contributed by atoms with van der Waals surface area (Å²) in [4.78, 5) is 41.8. The normalized spacial score (nSPS) is 10.8. The summed E-state index contributed by atoms with van der Waals surface area (Å²) in [6.07, 6.45) is 0.760. The fourth-order valence-corrected chi connectivity index (χ4v) is 3.33. The van der Waals surface area contributed by atoms with E-state index in [9.17, 15) is 14.4 Å². The zero-order chi connectivity index (χ0) is 20.8. The number of aryl methyl sites for hydroxylation is 1. The minimum Gasteiger partial charge on any atom is -0.372 e. The third-order valence-corrected chi connectivity index (χ3v) is 4.87. The lowest BCUT2D eigenvalue weighted by atomic mass is 10.2. The summed E-state index contributed by atoms with van der Waals surface area (Å²) in [5, 5.41) is 3.18. The van der Waals surface area contributed by atoms with E-state index in [1.807, 2.05) is 6.07 Å². The van der Waals surface area contributed by atoms with E-state index in [2.05, 4.69) is 47.2 Å². The minimum absolute atomic E-state index is 0.297. The van der Waals surface area contributed by atoms with E-state index in [0.29, 0.717) is 17.4 Å². The van der Waals surface area contributed by atoms with Gasteiger partial charge in [0.25, 0.3) is 5.56 Å². The summed E-state index contributed by atoms with van der Waals surface area (Å²) in [7, 11) is 0. The Kier molecular flexibility index (Phi) is 6.49. The molecule has 3 aromatic rings. The van der Waals surface area contributed by atoms with Gasteiger partial charge in [-0.15, -0.1) is 0 Å². The molecule has 0 unspecified atom stereocenters. The van der Waals surface area contributed by atoms with Gasteiger partial charge in [0.2, 0.25) is 5.91 Å². The molecule has 0 aliphatic rings. The van der Waals surface area contributed by atoms with E-state index >= 15 is 0 Å². The van der Waals surface area contributed by atoms with Crippen molar-refractivity contribution < 1.29 is 4.79 Å². The fraction of sp³-hybridized carbons (Fsp3) is 0.318. The highest BCUT2D eigenvalue weighted by atomic mass is 16.2. The van der Waals surface area contributed by atoms with Gasteiger partial charge in [-0.3, -0.25) is 14.2 Å². The molecule has 0 bridgehead atoms. The number of nitrogens with zero attached hydrogens (tertiary/aromatic N) is 2. The number of nitrogens with one attached hydrogen (secondary N) is 2. The summed E-state index contributed by atoms with van der Waals surface area (Å²) < 4.78 is 0.933. The lowest BCUT2D eigenvalue weighted by Crippen LogP contribution is -2.41. The molecule has 0 aliphatic carbocycles. The molecule has 0 aliphatic heterocycles. The number of H-pyrrole nitrogens is 1. The van der Waals surface area contributed by atoms with Crippen LogP contribution in [-0.4, -0.2) is 35.1 Å². The number of aromatic amines is 1. The molecule has 0 radical (unpaired) electrons. The standard InChI is InChI=1S/C22H26N4O3/c1-3-25(17-9-6-8-16(2)14-17)13-7-12-23-20(27)15-26-21(28)18-10-4-5-11-19(18)24-22(26)29/h4-6,8-11,14H,3,7,12-13,15H2,1-2H3,(H,23,27)(H,24,29). The molecule has 1 amide bonds. The lowest BCUT2D eigenvalue weighted by Gasteiger charge is -2.23. The van der Waals surface area contributed by atoms with Crippen molar-refractivity contribution in [3.05, 3.63) is 74.9 Å². The first kappa shape index (κ1) is 20.4. The molecule has 0 atom stereocenters. The first-order valence-corrected chi connectivity index (χ1v) is 9.79. The second-order valence-electron chi connectivity index (χ2n) is 6.99. The molecule has 2 N–H and O–H groups in total. The third-order valence-electron chi connectivity index (χ3n) is 4.87.